The Bertz CT molecular complexity index is 1200. The number of imide groups is 2. The normalized spacial score (nSPS) is 18.0. The minimum atomic E-state index is -0.856. The highest BCUT2D eigenvalue weighted by Crippen LogP contribution is 2.31. The van der Waals surface area contributed by atoms with Crippen molar-refractivity contribution in [3.63, 3.8) is 0 Å². The number of hydrogen-bond acceptors (Lipinski definition) is 7. The maximum absolute atomic E-state index is 13.3. The molecule has 0 bridgehead atoms. The Morgan fingerprint density at radius 3 is 2.48 bits per heavy atom. The predicted octanol–water partition coefficient (Wildman–Crippen LogP) is 2.71. The number of non-ortho nitro benzene ring substituents is 1. The van der Waals surface area contributed by atoms with Crippen LogP contribution in [-0.4, -0.2) is 49.1 Å². The van der Waals surface area contributed by atoms with Crippen LogP contribution in [0.4, 0.5) is 21.9 Å². The number of hydrogen-bond donors (Lipinski definition) is 1. The molecule has 2 aliphatic rings. The number of ether oxygens (including phenoxy) is 1. The molecule has 4 rings (SSSR count). The SMILES string of the molecule is Cc1cccc(N2C(=O)NC(=O)/C(=C/c3cc([N+](=O)[O-])ccc3N3CCOCC3)C2=O)c1C. The van der Waals surface area contributed by atoms with Crippen molar-refractivity contribution < 1.29 is 24.0 Å². The van der Waals surface area contributed by atoms with Gasteiger partial charge in [-0.1, -0.05) is 12.1 Å². The molecule has 2 fully saturated rings. The number of morpholine rings is 1. The highest BCUT2D eigenvalue weighted by molar-refractivity contribution is 6.39. The smallest absolute Gasteiger partial charge is 0.335 e. The third-order valence-electron chi connectivity index (χ3n) is 5.79. The lowest BCUT2D eigenvalue weighted by atomic mass is 10.0. The van der Waals surface area contributed by atoms with Crippen molar-refractivity contribution in [2.24, 2.45) is 0 Å². The highest BCUT2D eigenvalue weighted by Gasteiger charge is 2.38. The van der Waals surface area contributed by atoms with E-state index in [0.29, 0.717) is 43.2 Å². The van der Waals surface area contributed by atoms with Crippen molar-refractivity contribution in [2.45, 2.75) is 13.8 Å². The van der Waals surface area contributed by atoms with Gasteiger partial charge < -0.3 is 9.64 Å². The lowest BCUT2D eigenvalue weighted by Crippen LogP contribution is -2.54. The molecule has 0 radical (unpaired) electrons. The van der Waals surface area contributed by atoms with Gasteiger partial charge in [0.15, 0.2) is 0 Å². The average molecular weight is 450 g/mol. The summed E-state index contributed by atoms with van der Waals surface area (Å²) in [5.74, 6) is -1.65. The number of aryl methyl sites for hydroxylation is 1. The summed E-state index contributed by atoms with van der Waals surface area (Å²) in [4.78, 5) is 52.2. The van der Waals surface area contributed by atoms with Crippen LogP contribution in [0.1, 0.15) is 16.7 Å². The lowest BCUT2D eigenvalue weighted by Gasteiger charge is -2.31. The monoisotopic (exact) mass is 450 g/mol. The van der Waals surface area contributed by atoms with Gasteiger partial charge in [0.2, 0.25) is 0 Å². The molecule has 4 amide bonds. The van der Waals surface area contributed by atoms with Gasteiger partial charge in [-0.3, -0.25) is 25.0 Å². The van der Waals surface area contributed by atoms with E-state index < -0.39 is 22.8 Å². The summed E-state index contributed by atoms with van der Waals surface area (Å²) in [6.07, 6.45) is 1.31. The second-order valence-corrected chi connectivity index (χ2v) is 7.78. The van der Waals surface area contributed by atoms with Crippen molar-refractivity contribution in [3.05, 3.63) is 68.8 Å². The van der Waals surface area contributed by atoms with Gasteiger partial charge in [-0.05, 0) is 43.2 Å². The molecule has 170 valence electrons. The zero-order valence-electron chi connectivity index (χ0n) is 18.2. The van der Waals surface area contributed by atoms with Gasteiger partial charge in [0.1, 0.15) is 5.57 Å². The van der Waals surface area contributed by atoms with E-state index in [9.17, 15) is 24.5 Å². The Morgan fingerprint density at radius 2 is 1.79 bits per heavy atom. The van der Waals surface area contributed by atoms with E-state index >= 15 is 0 Å². The van der Waals surface area contributed by atoms with Gasteiger partial charge in [-0.2, -0.15) is 0 Å². The molecule has 0 unspecified atom stereocenters. The number of anilines is 2. The van der Waals surface area contributed by atoms with Crippen molar-refractivity contribution in [1.82, 2.24) is 5.32 Å². The summed E-state index contributed by atoms with van der Waals surface area (Å²) in [6.45, 7) is 5.72. The predicted molar refractivity (Wildman–Crippen MR) is 121 cm³/mol. The van der Waals surface area contributed by atoms with E-state index in [-0.39, 0.29) is 11.3 Å². The molecule has 2 aromatic rings. The second-order valence-electron chi connectivity index (χ2n) is 7.78. The van der Waals surface area contributed by atoms with Crippen molar-refractivity contribution >= 4 is 41.0 Å². The first-order valence-corrected chi connectivity index (χ1v) is 10.4. The fourth-order valence-electron chi connectivity index (χ4n) is 3.87. The molecule has 2 saturated heterocycles. The second kappa shape index (κ2) is 8.83. The van der Waals surface area contributed by atoms with Crippen LogP contribution in [0.2, 0.25) is 0 Å². The van der Waals surface area contributed by atoms with Gasteiger partial charge in [0, 0.05) is 36.5 Å². The summed E-state index contributed by atoms with van der Waals surface area (Å²) in [5.41, 5.74) is 2.47. The standard InChI is InChI=1S/C23H22N4O6/c1-14-4-3-5-19(15(14)2)26-22(29)18(21(28)24-23(26)30)13-16-12-17(27(31)32)6-7-20(16)25-8-10-33-11-9-25/h3-7,12-13H,8-11H2,1-2H3,(H,24,28,30)/b18-13-. The molecule has 0 spiro atoms. The number of carbonyl (C=O) groups is 3. The van der Waals surface area contributed by atoms with Gasteiger partial charge >= 0.3 is 6.03 Å². The fraction of sp³-hybridized carbons (Fsp3) is 0.261. The highest BCUT2D eigenvalue weighted by atomic mass is 16.6. The van der Waals surface area contributed by atoms with Gasteiger partial charge in [-0.25, -0.2) is 9.69 Å². The van der Waals surface area contributed by atoms with Crippen molar-refractivity contribution in [3.8, 4) is 0 Å². The summed E-state index contributed by atoms with van der Waals surface area (Å²) >= 11 is 0. The Morgan fingerprint density at radius 1 is 1.06 bits per heavy atom. The lowest BCUT2D eigenvalue weighted by molar-refractivity contribution is -0.384. The van der Waals surface area contributed by atoms with Crippen molar-refractivity contribution in [1.29, 1.82) is 0 Å². The number of nitro groups is 1. The number of barbiturate groups is 1. The number of rotatable bonds is 4. The fourth-order valence-corrected chi connectivity index (χ4v) is 3.87. The number of urea groups is 1. The molecule has 0 saturated carbocycles. The van der Waals surface area contributed by atoms with Crippen LogP contribution in [0.3, 0.4) is 0 Å². The summed E-state index contributed by atoms with van der Waals surface area (Å²) in [7, 11) is 0. The molecule has 10 nitrogen and oxygen atoms in total. The third kappa shape index (κ3) is 4.20. The van der Waals surface area contributed by atoms with Crippen LogP contribution < -0.4 is 15.1 Å². The Balaban J connectivity index is 1.81. The molecule has 0 atom stereocenters. The topological polar surface area (TPSA) is 122 Å². The van der Waals surface area contributed by atoms with E-state index in [0.717, 1.165) is 16.0 Å². The van der Waals surface area contributed by atoms with E-state index in [1.54, 1.807) is 25.1 Å². The molecule has 2 aliphatic heterocycles. The van der Waals surface area contributed by atoms with Crippen molar-refractivity contribution in [2.75, 3.05) is 36.1 Å². The van der Waals surface area contributed by atoms with Crippen LogP contribution in [0.25, 0.3) is 6.08 Å². The van der Waals surface area contributed by atoms with Crippen LogP contribution in [0.15, 0.2) is 42.0 Å². The maximum atomic E-state index is 13.3. The quantitative estimate of drug-likeness (QED) is 0.329. The molecule has 2 aromatic carbocycles. The number of benzene rings is 2. The zero-order valence-corrected chi connectivity index (χ0v) is 18.2. The Kier molecular flexibility index (Phi) is 5.93. The zero-order chi connectivity index (χ0) is 23.7. The van der Waals surface area contributed by atoms with Gasteiger partial charge in [-0.15, -0.1) is 0 Å². The van der Waals surface area contributed by atoms with E-state index in [1.165, 1.54) is 18.2 Å². The maximum Gasteiger partial charge on any atom is 0.335 e. The first kappa shape index (κ1) is 22.2. The summed E-state index contributed by atoms with van der Waals surface area (Å²) < 4.78 is 5.38. The van der Waals surface area contributed by atoms with Gasteiger partial charge in [0.25, 0.3) is 17.5 Å². The minimum Gasteiger partial charge on any atom is -0.378 e. The number of carbonyl (C=O) groups excluding carboxylic acids is 3. The van der Waals surface area contributed by atoms with E-state index in [2.05, 4.69) is 5.32 Å². The first-order valence-electron chi connectivity index (χ1n) is 10.4. The summed E-state index contributed by atoms with van der Waals surface area (Å²) in [5, 5.41) is 13.6. The average Bonchev–Trinajstić information content (AvgIpc) is 2.79. The number of nitrogens with zero attached hydrogens (tertiary/aromatic N) is 3. The molecule has 1 N–H and O–H groups in total. The number of nitro benzene ring substituents is 1. The van der Waals surface area contributed by atoms with Crippen LogP contribution in [-0.2, 0) is 14.3 Å². The largest absolute Gasteiger partial charge is 0.378 e. The first-order chi connectivity index (χ1) is 15.8. The molecule has 10 heteroatoms. The molecule has 0 aliphatic carbocycles. The van der Waals surface area contributed by atoms with E-state index in [1.807, 2.05) is 17.9 Å². The van der Waals surface area contributed by atoms with Gasteiger partial charge in [0.05, 0.1) is 23.8 Å². The summed E-state index contributed by atoms with van der Waals surface area (Å²) in [6, 6.07) is 8.63. The molecular weight excluding hydrogens is 428 g/mol. The molecule has 0 aromatic heterocycles. The third-order valence-corrected chi connectivity index (χ3v) is 5.79. The molecular formula is C23H22N4O6. The minimum absolute atomic E-state index is 0.176. The number of amides is 4. The van der Waals surface area contributed by atoms with Crippen LogP contribution >= 0.6 is 0 Å². The number of nitrogens with one attached hydrogen (secondary N) is 1. The van der Waals surface area contributed by atoms with Crippen LogP contribution in [0.5, 0.6) is 0 Å². The molecule has 2 heterocycles. The van der Waals surface area contributed by atoms with E-state index in [4.69, 9.17) is 4.74 Å². The Hall–Kier alpha value is -4.05. The Labute approximate surface area is 189 Å². The molecule has 33 heavy (non-hydrogen) atoms. The van der Waals surface area contributed by atoms with Crippen LogP contribution in [0, 0.1) is 24.0 Å².